The number of guanidine groups is 1. The van der Waals surface area contributed by atoms with Gasteiger partial charge in [-0.05, 0) is 193 Å². The zero-order valence-electron chi connectivity index (χ0n) is 78.8. The predicted octanol–water partition coefficient (Wildman–Crippen LogP) is 16.7. The van der Waals surface area contributed by atoms with Crippen LogP contribution in [0.3, 0.4) is 0 Å². The molecule has 3 fully saturated rings. The van der Waals surface area contributed by atoms with E-state index in [1.807, 2.05) is 134 Å². The number of hydrogen-bond donors (Lipinski definition) is 8. The summed E-state index contributed by atoms with van der Waals surface area (Å²) in [7, 11) is 17.4. The van der Waals surface area contributed by atoms with Crippen LogP contribution in [0.15, 0.2) is 233 Å². The van der Waals surface area contributed by atoms with E-state index in [1.54, 1.807) is 111 Å². The fourth-order valence-electron chi connectivity index (χ4n) is 11.8. The Hall–Kier alpha value is -13.2. The molecule has 8 aromatic heterocycles. The molecule has 0 atom stereocenters. The van der Waals surface area contributed by atoms with Gasteiger partial charge in [0.25, 0.3) is 22.1 Å². The van der Waals surface area contributed by atoms with Crippen LogP contribution in [0.5, 0.6) is 0 Å². The Bertz CT molecular complexity index is 6060. The van der Waals surface area contributed by atoms with E-state index in [-0.39, 0.29) is 41.0 Å². The van der Waals surface area contributed by atoms with E-state index in [9.17, 15) is 39.9 Å². The van der Waals surface area contributed by atoms with Gasteiger partial charge in [-0.1, -0.05) is 24.3 Å². The van der Waals surface area contributed by atoms with Crippen molar-refractivity contribution in [1.29, 1.82) is 0 Å². The summed E-state index contributed by atoms with van der Waals surface area (Å²) in [5.41, 5.74) is 31.2. The Morgan fingerprint density at radius 3 is 1.25 bits per heavy atom. The van der Waals surface area contributed by atoms with Gasteiger partial charge in [0.05, 0.1) is 112 Å². The number of nitrogen functional groups attached to an aromatic ring is 1. The van der Waals surface area contributed by atoms with E-state index in [0.29, 0.717) is 89.5 Å². The standard InChI is InChI=1S/C20H20N6O3.C20H22N6O.C16H12BrN5O2.C10H11BrN2O.C8H10N4O2.C7H6BrNO.C7H17NO2.C4H9NO.2ClH.HNO3.Sn/c1-14-2-3-16(26(27)28)11-19(14)24-20-22-5-4-18(23-20)15-10-17(13-21-12-15)25-6-8-29-9-7-25;1-14-2-3-16(21)11-19(14)25-20-23-5-4-18(24-20)15-10-17(13-22-12-15)26-6-8-27-9-7-26;1-10-2-3-13(22(23)24)7-15(10)21-16-19-5-4-14(20-16)11-6-12(17)9-18-8-11;1-13(2)4-3-10(14)8-5-9(11)7-12-6-8;1-5-2-3-6(12(13)14)4-7(5)11-8(9)10;1-5(10)6-2-7(8)4-9-3-6;1-5-9-7(8(3)4)10-6-2;1-3-6-4-2-5-1;;;2-1(3)4;/h2-5,10-13H,6-9H2,1H3,(H,22,23,24);2-5,10-13H,6-9,21H2,1H3,(H,23,24,25);2-9H,1H3,(H,19,20,21);3-7H,1-2H3;2-4H,1H3,(H4,9,10,11);2-4H,1H3;7H,5-6H2,1-4H3;5H,1-4H2;2*1H;(H,2,3,4);/q;;;;;;;;;;;+2/p-2/b;;;4-3+;;;;;;;;. The second-order valence-corrected chi connectivity index (χ2v) is 36.8. The normalized spacial score (nSPS) is 12.1. The van der Waals surface area contributed by atoms with Crippen LogP contribution in [-0.4, -0.2) is 253 Å². The molecule has 15 rings (SSSR count). The Balaban J connectivity index is 0.000000254. The first-order valence-corrected chi connectivity index (χ1v) is 52.4. The summed E-state index contributed by atoms with van der Waals surface area (Å²) < 4.78 is 28.8. The van der Waals surface area contributed by atoms with Gasteiger partial charge in [-0.3, -0.25) is 69.8 Å². The number of hydrogen-bond acceptors (Lipinski definition) is 36. The molecule has 0 amide bonds. The summed E-state index contributed by atoms with van der Waals surface area (Å²) >= 11 is 9.03. The number of aliphatic imine (C=N–C) groups is 1. The molecule has 3 saturated heterocycles. The van der Waals surface area contributed by atoms with Crippen LogP contribution < -0.4 is 48.3 Å². The van der Waals surface area contributed by atoms with Crippen molar-refractivity contribution >= 4 is 177 Å². The van der Waals surface area contributed by atoms with Crippen molar-refractivity contribution in [3.8, 4) is 33.8 Å². The van der Waals surface area contributed by atoms with Crippen LogP contribution >= 0.6 is 65.6 Å². The number of Topliss-reactive ketones (excluding diaryl/α,β-unsaturated/α-hetero) is 1. The number of carbonyl (C=O) groups is 2. The molecule has 43 nitrogen and oxygen atoms in total. The van der Waals surface area contributed by atoms with Crippen LogP contribution in [0.1, 0.15) is 63.7 Å². The van der Waals surface area contributed by atoms with Gasteiger partial charge in [-0.15, -0.1) is 10.1 Å². The minimum absolute atomic E-state index is 0.00967. The topological polar surface area (TPSA) is 566 Å². The summed E-state index contributed by atoms with van der Waals surface area (Å²) in [6.07, 6.45) is 25.1. The number of allylic oxidation sites excluding steroid dienone is 1. The molecule has 0 bridgehead atoms. The van der Waals surface area contributed by atoms with Crippen LogP contribution in [0.4, 0.5) is 74.7 Å². The molecule has 12 aromatic rings. The van der Waals surface area contributed by atoms with Gasteiger partial charge in [-0.2, -0.15) is 0 Å². The number of halogens is 5. The summed E-state index contributed by atoms with van der Waals surface area (Å²) in [6, 6.07) is 34.3. The third kappa shape index (κ3) is 44.0. The molecule has 0 aliphatic carbocycles. The minimum atomic E-state index is -1.50. The number of ketones is 2. The Morgan fingerprint density at radius 2 is 0.894 bits per heavy atom. The molecule has 4 aromatic carbocycles. The molecular weight excluding hydrogens is 2170 g/mol. The van der Waals surface area contributed by atoms with E-state index in [2.05, 4.69) is 145 Å². The summed E-state index contributed by atoms with van der Waals surface area (Å²) in [5.74, 6) is 1.12. The van der Waals surface area contributed by atoms with Gasteiger partial charge in [0.2, 0.25) is 24.3 Å². The number of rotatable bonds is 24. The van der Waals surface area contributed by atoms with Gasteiger partial charge in [0, 0.05) is 236 Å². The number of nitro benzene ring substituents is 3. The molecule has 2 radical (unpaired) electrons. The van der Waals surface area contributed by atoms with Crippen LogP contribution in [-0.2, 0) is 23.7 Å². The number of benzene rings is 4. The molecule has 0 unspecified atom stereocenters. The summed E-state index contributed by atoms with van der Waals surface area (Å²) in [5, 5.41) is 58.6. The van der Waals surface area contributed by atoms with Crippen molar-refractivity contribution in [2.45, 2.75) is 54.9 Å². The summed E-state index contributed by atoms with van der Waals surface area (Å²) in [6.45, 7) is 24.4. The molecule has 3 aliphatic heterocycles. The van der Waals surface area contributed by atoms with Gasteiger partial charge >= 0.3 is 36.7 Å². The SMILES string of the molecule is C1COCCN1.CC(=O)c1cncc(Br)c1.CCOC(OCC)N(C)C.CN(C)/C=C/C(=O)c1cncc(Br)c1.Cc1ccc(N)cc1Nc1nccc(-c2cncc(N3CCOCC3)c2)n1.Cc1ccc([N+](=O)[O-])cc1N=C(N)N.Cc1ccc([N+](=O)[O-])cc1Nc1nccc(-c2cncc(Br)c2)n1.Cc1ccc([N+](=O)[O-])cc1Nc1nccc(-c2cncc(N3CCOCC3)c2)n1.O=[N+]([O-])O.[Cl][Sn][Cl]. The van der Waals surface area contributed by atoms with E-state index in [0.717, 1.165) is 141 Å². The Labute approximate surface area is 857 Å². The Morgan fingerprint density at radius 1 is 0.532 bits per heavy atom. The Kier molecular flexibility index (Phi) is 52.4. The second kappa shape index (κ2) is 63.4. The number of ether oxygens (including phenoxy) is 5. The van der Waals surface area contributed by atoms with Gasteiger partial charge in [0.15, 0.2) is 17.5 Å². The predicted molar refractivity (Wildman–Crippen MR) is 556 cm³/mol. The molecule has 11 N–H and O–H groups in total. The van der Waals surface area contributed by atoms with Crippen molar-refractivity contribution < 1.29 is 58.3 Å². The first kappa shape index (κ1) is 116. The van der Waals surface area contributed by atoms with E-state index in [4.69, 9.17) is 74.0 Å². The maximum atomic E-state index is 11.5. The molecule has 141 heavy (non-hydrogen) atoms. The fourth-order valence-corrected chi connectivity index (χ4v) is 12.9. The van der Waals surface area contributed by atoms with E-state index < -0.39 is 38.7 Å². The number of carbonyl (C=O) groups excluding carboxylic acids is 2. The van der Waals surface area contributed by atoms with Crippen molar-refractivity contribution in [3.05, 3.63) is 301 Å². The number of nitrogens with zero attached hydrogens (tertiary/aromatic N) is 20. The van der Waals surface area contributed by atoms with Crippen LogP contribution in [0.2, 0.25) is 0 Å². The maximum absolute atomic E-state index is 11.5. The van der Waals surface area contributed by atoms with Crippen molar-refractivity contribution in [3.63, 3.8) is 0 Å². The third-order valence-corrected chi connectivity index (χ3v) is 20.1. The number of aryl methyl sites for hydroxylation is 4. The van der Waals surface area contributed by atoms with Gasteiger partial charge in [0.1, 0.15) is 0 Å². The zero-order chi connectivity index (χ0) is 103. The first-order chi connectivity index (χ1) is 67.5. The molecule has 0 saturated carbocycles. The number of morpholine rings is 3. The number of pyridine rings is 5. The number of nitro groups is 3. The van der Waals surface area contributed by atoms with E-state index in [1.165, 1.54) is 49.4 Å². The fraction of sp³-hybridized carbons (Fsp3) is 0.283. The van der Waals surface area contributed by atoms with Gasteiger partial charge < -0.3 is 82.1 Å². The van der Waals surface area contributed by atoms with Crippen molar-refractivity contribution in [1.82, 2.24) is 69.9 Å². The number of anilines is 9. The monoisotopic (exact) mass is 2270 g/mol. The quantitative estimate of drug-likeness (QED) is 0.00320. The number of non-ortho nitro benzene ring substituents is 3. The average Bonchev–Trinajstić information content (AvgIpc) is 0.822. The van der Waals surface area contributed by atoms with Crippen LogP contribution in [0, 0.1) is 68.2 Å². The second-order valence-electron chi connectivity index (χ2n) is 29.8. The van der Waals surface area contributed by atoms with Crippen molar-refractivity contribution in [2.75, 3.05) is 152 Å². The third-order valence-electron chi connectivity index (χ3n) is 18.8. The zero-order valence-corrected chi connectivity index (χ0v) is 87.9. The molecule has 11 heterocycles. The molecule has 0 spiro atoms. The van der Waals surface area contributed by atoms with E-state index >= 15 is 0 Å². The summed E-state index contributed by atoms with van der Waals surface area (Å²) in [4.78, 5) is 121. The average molecular weight is 2280 g/mol. The molecule has 49 heteroatoms. The number of nitrogens with one attached hydrogen (secondary N) is 4. The van der Waals surface area contributed by atoms with Crippen molar-refractivity contribution in [2.24, 2.45) is 16.5 Å². The van der Waals surface area contributed by atoms with Gasteiger partial charge in [-0.25, -0.2) is 34.9 Å². The molecular formula is C92H108Br3Cl2N27O16Sn. The number of nitrogens with two attached hydrogens (primary N) is 3. The first-order valence-electron chi connectivity index (χ1n) is 42.8. The molecule has 3 aliphatic rings. The van der Waals surface area contributed by atoms with Crippen LogP contribution in [0.25, 0.3) is 33.8 Å². The molecule has 746 valence electrons. The number of aromatic nitrogens is 11.